The third kappa shape index (κ3) is 4.55. The van der Waals surface area contributed by atoms with Gasteiger partial charge >= 0.3 is 0 Å². The van der Waals surface area contributed by atoms with Crippen LogP contribution in [-0.2, 0) is 4.79 Å². The number of benzene rings is 2. The molecule has 0 radical (unpaired) electrons. The molecule has 0 aliphatic carbocycles. The third-order valence-electron chi connectivity index (χ3n) is 4.63. The molecule has 2 aromatic carbocycles. The highest BCUT2D eigenvalue weighted by Crippen LogP contribution is 2.23. The number of carbonyl (C=O) groups excluding carboxylic acids is 3. The lowest BCUT2D eigenvalue weighted by atomic mass is 10.1. The number of rotatable bonds is 7. The fourth-order valence-electron chi connectivity index (χ4n) is 3.15. The van der Waals surface area contributed by atoms with Crippen molar-refractivity contribution in [3.8, 4) is 0 Å². The third-order valence-corrected chi connectivity index (χ3v) is 5.30. The Morgan fingerprint density at radius 1 is 1.00 bits per heavy atom. The second-order valence-electron chi connectivity index (χ2n) is 6.63. The summed E-state index contributed by atoms with van der Waals surface area (Å²) < 4.78 is 1.14. The lowest BCUT2D eigenvalue weighted by molar-refractivity contribution is -0.116. The second kappa shape index (κ2) is 8.65. The Morgan fingerprint density at radius 3 is 2.30 bits per heavy atom. The molecule has 1 heterocycles. The molecule has 1 aliphatic rings. The van der Waals surface area contributed by atoms with Gasteiger partial charge in [-0.15, -0.1) is 0 Å². The summed E-state index contributed by atoms with van der Waals surface area (Å²) in [4.78, 5) is 38.0. The van der Waals surface area contributed by atoms with E-state index in [2.05, 4.69) is 27.9 Å². The van der Waals surface area contributed by atoms with Crippen LogP contribution in [0.5, 0.6) is 0 Å². The van der Waals surface area contributed by atoms with Crippen LogP contribution in [0.4, 0.5) is 5.69 Å². The zero-order valence-corrected chi connectivity index (χ0v) is 17.3. The van der Waals surface area contributed by atoms with Gasteiger partial charge in [0, 0.05) is 22.2 Å². The highest BCUT2D eigenvalue weighted by Gasteiger charge is 2.34. The topological polar surface area (TPSA) is 66.5 Å². The maximum atomic E-state index is 12.3. The van der Waals surface area contributed by atoms with E-state index in [9.17, 15) is 14.4 Å². The number of amides is 3. The van der Waals surface area contributed by atoms with E-state index in [4.69, 9.17) is 0 Å². The molecule has 1 aliphatic heterocycles. The summed E-state index contributed by atoms with van der Waals surface area (Å²) in [6.07, 6.45) is 2.62. The quantitative estimate of drug-likeness (QED) is 0.366. The van der Waals surface area contributed by atoms with Gasteiger partial charge in [-0.25, -0.2) is 0 Å². The minimum absolute atomic E-state index is 0.0139. The van der Waals surface area contributed by atoms with Gasteiger partial charge < -0.3 is 5.32 Å². The van der Waals surface area contributed by atoms with E-state index in [0.29, 0.717) is 30.5 Å². The van der Waals surface area contributed by atoms with Crippen molar-refractivity contribution in [3.05, 3.63) is 62.7 Å². The number of nitrogens with one attached hydrogen (secondary N) is 1. The molecule has 6 heteroatoms. The van der Waals surface area contributed by atoms with Crippen molar-refractivity contribution in [2.24, 2.45) is 0 Å². The lowest BCUT2D eigenvalue weighted by Crippen LogP contribution is -2.30. The number of carbonyl (C=O) groups is 3. The van der Waals surface area contributed by atoms with Gasteiger partial charge in [-0.1, -0.05) is 18.6 Å². The van der Waals surface area contributed by atoms with E-state index in [1.165, 1.54) is 4.90 Å². The van der Waals surface area contributed by atoms with Crippen LogP contribution < -0.4 is 5.32 Å². The first-order valence-electron chi connectivity index (χ1n) is 8.98. The summed E-state index contributed by atoms with van der Waals surface area (Å²) in [5.74, 6) is -0.454. The van der Waals surface area contributed by atoms with Crippen LogP contribution in [0.3, 0.4) is 0 Å². The van der Waals surface area contributed by atoms with Crippen LogP contribution in [0, 0.1) is 10.5 Å². The van der Waals surface area contributed by atoms with E-state index in [0.717, 1.165) is 27.7 Å². The Balaban J connectivity index is 1.40. The Kier molecular flexibility index (Phi) is 6.26. The first-order valence-corrected chi connectivity index (χ1v) is 10.1. The highest BCUT2D eigenvalue weighted by molar-refractivity contribution is 14.1. The number of aryl methyl sites for hydroxylation is 1. The molecule has 0 unspecified atom stereocenters. The molecule has 5 nitrogen and oxygen atoms in total. The number of hydrogen-bond acceptors (Lipinski definition) is 3. The minimum Gasteiger partial charge on any atom is -0.326 e. The van der Waals surface area contributed by atoms with Crippen molar-refractivity contribution in [2.75, 3.05) is 11.9 Å². The summed E-state index contributed by atoms with van der Waals surface area (Å²) >= 11 is 2.24. The van der Waals surface area contributed by atoms with Gasteiger partial charge in [0.15, 0.2) is 0 Å². The summed E-state index contributed by atoms with van der Waals surface area (Å²) in [6.45, 7) is 2.37. The van der Waals surface area contributed by atoms with Crippen LogP contribution in [-0.4, -0.2) is 29.2 Å². The van der Waals surface area contributed by atoms with Crippen LogP contribution in [0.15, 0.2) is 42.5 Å². The van der Waals surface area contributed by atoms with Gasteiger partial charge in [-0.05, 0) is 78.3 Å². The van der Waals surface area contributed by atoms with Crippen molar-refractivity contribution >= 4 is 46.0 Å². The Labute approximate surface area is 172 Å². The standard InChI is InChI=1S/C21H21IN2O3/c1-14-13-15(22)10-11-18(14)23-19(25)9-3-2-6-12-24-20(26)16-7-4-5-8-17(16)21(24)27/h4-5,7-8,10-11,13H,2-3,6,9,12H2,1H3,(H,23,25). The molecule has 0 saturated carbocycles. The second-order valence-corrected chi connectivity index (χ2v) is 7.87. The summed E-state index contributed by atoms with van der Waals surface area (Å²) in [7, 11) is 0. The maximum absolute atomic E-state index is 12.3. The number of imide groups is 1. The summed E-state index contributed by atoms with van der Waals surface area (Å²) in [5, 5.41) is 2.93. The number of halogens is 1. The van der Waals surface area contributed by atoms with Crippen molar-refractivity contribution < 1.29 is 14.4 Å². The molecule has 3 amide bonds. The summed E-state index contributed by atoms with van der Waals surface area (Å²) in [5.41, 5.74) is 2.84. The van der Waals surface area contributed by atoms with Crippen molar-refractivity contribution in [1.82, 2.24) is 4.90 Å². The highest BCUT2D eigenvalue weighted by atomic mass is 127. The van der Waals surface area contributed by atoms with Crippen LogP contribution in [0.1, 0.15) is 52.0 Å². The molecule has 0 bridgehead atoms. The van der Waals surface area contributed by atoms with Crippen LogP contribution in [0.25, 0.3) is 0 Å². The molecular weight excluding hydrogens is 455 g/mol. The molecule has 2 aromatic rings. The average molecular weight is 476 g/mol. The average Bonchev–Trinajstić information content (AvgIpc) is 2.89. The molecular formula is C21H21IN2O3. The monoisotopic (exact) mass is 476 g/mol. The van der Waals surface area contributed by atoms with Crippen LogP contribution in [0.2, 0.25) is 0 Å². The Bertz CT molecular complexity index is 860. The van der Waals surface area contributed by atoms with Gasteiger partial charge in [0.2, 0.25) is 5.91 Å². The molecule has 0 spiro atoms. The van der Waals surface area contributed by atoms with Crippen molar-refractivity contribution in [3.63, 3.8) is 0 Å². The number of nitrogens with zero attached hydrogens (tertiary/aromatic N) is 1. The largest absolute Gasteiger partial charge is 0.326 e. The zero-order chi connectivity index (χ0) is 19.4. The smallest absolute Gasteiger partial charge is 0.261 e. The van der Waals surface area contributed by atoms with E-state index in [-0.39, 0.29) is 17.7 Å². The molecule has 140 valence electrons. The van der Waals surface area contributed by atoms with Gasteiger partial charge in [0.05, 0.1) is 11.1 Å². The van der Waals surface area contributed by atoms with Crippen LogP contribution >= 0.6 is 22.6 Å². The first kappa shape index (κ1) is 19.5. The molecule has 0 aromatic heterocycles. The Morgan fingerprint density at radius 2 is 1.67 bits per heavy atom. The lowest BCUT2D eigenvalue weighted by Gasteiger charge is -2.13. The fourth-order valence-corrected chi connectivity index (χ4v) is 3.80. The molecule has 0 fully saturated rings. The molecule has 3 rings (SSSR count). The van der Waals surface area contributed by atoms with E-state index >= 15 is 0 Å². The number of unbranched alkanes of at least 4 members (excludes halogenated alkanes) is 2. The predicted octanol–water partition coefficient (Wildman–Crippen LogP) is 4.39. The van der Waals surface area contributed by atoms with E-state index < -0.39 is 0 Å². The van der Waals surface area contributed by atoms with E-state index in [1.54, 1.807) is 24.3 Å². The number of fused-ring (bicyclic) bond motifs is 1. The Hall–Kier alpha value is -2.22. The number of anilines is 1. The SMILES string of the molecule is Cc1cc(I)ccc1NC(=O)CCCCCN1C(=O)c2ccccc2C1=O. The van der Waals surface area contributed by atoms with Crippen molar-refractivity contribution in [2.45, 2.75) is 32.6 Å². The molecule has 27 heavy (non-hydrogen) atoms. The van der Waals surface area contributed by atoms with Gasteiger partial charge in [-0.3, -0.25) is 19.3 Å². The first-order chi connectivity index (χ1) is 13.0. The predicted molar refractivity (Wildman–Crippen MR) is 113 cm³/mol. The number of hydrogen-bond donors (Lipinski definition) is 1. The zero-order valence-electron chi connectivity index (χ0n) is 15.1. The van der Waals surface area contributed by atoms with Gasteiger partial charge in [-0.2, -0.15) is 0 Å². The summed E-state index contributed by atoms with van der Waals surface area (Å²) in [6, 6.07) is 12.8. The molecule has 0 saturated heterocycles. The molecule has 1 N–H and O–H groups in total. The fraction of sp³-hybridized carbons (Fsp3) is 0.286. The maximum Gasteiger partial charge on any atom is 0.261 e. The van der Waals surface area contributed by atoms with Gasteiger partial charge in [0.25, 0.3) is 11.8 Å². The van der Waals surface area contributed by atoms with Crippen molar-refractivity contribution in [1.29, 1.82) is 0 Å². The van der Waals surface area contributed by atoms with E-state index in [1.807, 2.05) is 25.1 Å². The normalized spacial score (nSPS) is 13.0. The minimum atomic E-state index is -0.220. The van der Waals surface area contributed by atoms with Gasteiger partial charge in [0.1, 0.15) is 0 Å². The molecule has 0 atom stereocenters.